The number of fused-ring (bicyclic) bond motifs is 1. The third kappa shape index (κ3) is 0.594. The van der Waals surface area contributed by atoms with Crippen molar-refractivity contribution in [2.24, 2.45) is 23.5 Å². The van der Waals surface area contributed by atoms with Gasteiger partial charge in [0.1, 0.15) is 0 Å². The van der Waals surface area contributed by atoms with Gasteiger partial charge in [0.2, 0.25) is 0 Å². The molecule has 0 amide bonds. The fourth-order valence-corrected chi connectivity index (χ4v) is 4.45. The van der Waals surface area contributed by atoms with E-state index in [9.17, 15) is 0 Å². The van der Waals surface area contributed by atoms with E-state index in [1.165, 1.54) is 18.4 Å². The van der Waals surface area contributed by atoms with Gasteiger partial charge in [-0.2, -0.15) is 0 Å². The van der Waals surface area contributed by atoms with Gasteiger partial charge < -0.3 is 5.73 Å². The summed E-state index contributed by atoms with van der Waals surface area (Å²) in [6.07, 6.45) is 2.82. The Bertz CT molecular complexity index is 379. The summed E-state index contributed by atoms with van der Waals surface area (Å²) in [5, 5.41) is 0. The van der Waals surface area contributed by atoms with Crippen LogP contribution >= 0.6 is 0 Å². The summed E-state index contributed by atoms with van der Waals surface area (Å²) < 4.78 is 0. The SMILES string of the molecule is N[C@@]12C3CCC(C1c1ccccc1)C32. The van der Waals surface area contributed by atoms with Crippen LogP contribution in [-0.2, 0) is 0 Å². The molecule has 5 atom stereocenters. The molecule has 0 heterocycles. The summed E-state index contributed by atoms with van der Waals surface area (Å²) in [4.78, 5) is 0. The first-order valence-corrected chi connectivity index (χ1v) is 5.67. The van der Waals surface area contributed by atoms with Crippen LogP contribution in [0.5, 0.6) is 0 Å². The summed E-state index contributed by atoms with van der Waals surface area (Å²) in [6, 6.07) is 10.9. The van der Waals surface area contributed by atoms with Crippen LogP contribution in [0, 0.1) is 17.8 Å². The molecule has 1 nitrogen and oxygen atoms in total. The molecular formula is C13H15N. The second kappa shape index (κ2) is 2.06. The molecule has 4 unspecified atom stereocenters. The van der Waals surface area contributed by atoms with E-state index in [1.54, 1.807) is 0 Å². The van der Waals surface area contributed by atoms with Crippen molar-refractivity contribution in [3.63, 3.8) is 0 Å². The van der Waals surface area contributed by atoms with E-state index < -0.39 is 0 Å². The highest BCUT2D eigenvalue weighted by Gasteiger charge is 2.81. The van der Waals surface area contributed by atoms with E-state index in [4.69, 9.17) is 5.73 Å². The van der Waals surface area contributed by atoms with Crippen LogP contribution in [0.2, 0.25) is 0 Å². The summed E-state index contributed by atoms with van der Waals surface area (Å²) in [5.41, 5.74) is 8.17. The molecule has 4 rings (SSSR count). The summed E-state index contributed by atoms with van der Waals surface area (Å²) >= 11 is 0. The van der Waals surface area contributed by atoms with Gasteiger partial charge in [0.15, 0.2) is 0 Å². The summed E-state index contributed by atoms with van der Waals surface area (Å²) in [7, 11) is 0. The second-order valence-electron chi connectivity index (χ2n) is 5.26. The molecule has 1 heteroatoms. The highest BCUT2D eigenvalue weighted by atomic mass is 15.0. The molecule has 3 aliphatic carbocycles. The lowest BCUT2D eigenvalue weighted by atomic mass is 9.64. The molecule has 0 aromatic heterocycles. The van der Waals surface area contributed by atoms with Crippen molar-refractivity contribution >= 4 is 0 Å². The lowest BCUT2D eigenvalue weighted by molar-refractivity contribution is 0.176. The smallest absolute Gasteiger partial charge is 0.0293 e. The number of hydrogen-bond donors (Lipinski definition) is 1. The third-order valence-electron chi connectivity index (χ3n) is 4.94. The van der Waals surface area contributed by atoms with Gasteiger partial charge in [-0.1, -0.05) is 30.3 Å². The quantitative estimate of drug-likeness (QED) is 0.712. The number of nitrogens with two attached hydrogens (primary N) is 1. The lowest BCUT2D eigenvalue weighted by Gasteiger charge is -2.44. The predicted octanol–water partition coefficient (Wildman–Crippen LogP) is 2.14. The molecule has 0 bridgehead atoms. The van der Waals surface area contributed by atoms with Crippen molar-refractivity contribution in [1.29, 1.82) is 0 Å². The van der Waals surface area contributed by atoms with Crippen molar-refractivity contribution in [2.75, 3.05) is 0 Å². The van der Waals surface area contributed by atoms with Gasteiger partial charge in [-0.05, 0) is 36.2 Å². The molecule has 1 aromatic carbocycles. The van der Waals surface area contributed by atoms with Crippen LogP contribution in [-0.4, -0.2) is 5.54 Å². The molecule has 14 heavy (non-hydrogen) atoms. The van der Waals surface area contributed by atoms with Crippen molar-refractivity contribution in [2.45, 2.75) is 24.3 Å². The van der Waals surface area contributed by atoms with Gasteiger partial charge in [-0.25, -0.2) is 0 Å². The molecule has 0 spiro atoms. The Morgan fingerprint density at radius 1 is 1.14 bits per heavy atom. The maximum atomic E-state index is 6.46. The Morgan fingerprint density at radius 2 is 1.93 bits per heavy atom. The molecule has 0 aliphatic heterocycles. The molecule has 3 saturated carbocycles. The Labute approximate surface area is 84.3 Å². The van der Waals surface area contributed by atoms with Gasteiger partial charge in [0.05, 0.1) is 0 Å². The van der Waals surface area contributed by atoms with E-state index in [0.29, 0.717) is 5.92 Å². The molecule has 1 aromatic rings. The molecule has 3 aliphatic rings. The fourth-order valence-electron chi connectivity index (χ4n) is 4.45. The molecule has 0 saturated heterocycles. The fraction of sp³-hybridized carbons (Fsp3) is 0.538. The Balaban J connectivity index is 1.76. The van der Waals surface area contributed by atoms with Crippen molar-refractivity contribution in [3.8, 4) is 0 Å². The summed E-state index contributed by atoms with van der Waals surface area (Å²) in [6.45, 7) is 0. The van der Waals surface area contributed by atoms with Crippen molar-refractivity contribution in [3.05, 3.63) is 35.9 Å². The first kappa shape index (κ1) is 7.47. The number of hydrogen-bond acceptors (Lipinski definition) is 1. The van der Waals surface area contributed by atoms with Crippen LogP contribution < -0.4 is 5.73 Å². The number of benzene rings is 1. The average molecular weight is 185 g/mol. The van der Waals surface area contributed by atoms with E-state index in [0.717, 1.165) is 17.8 Å². The maximum Gasteiger partial charge on any atom is 0.0293 e. The standard InChI is InChI=1S/C13H15N/c14-13-10-7-6-9(12(10)13)11(13)8-4-2-1-3-5-8/h1-5,9-12H,6-7,14H2/t9?,10?,11?,12?,13-/m0/s1. The zero-order valence-corrected chi connectivity index (χ0v) is 8.19. The molecule has 3 fully saturated rings. The Morgan fingerprint density at radius 3 is 2.57 bits per heavy atom. The normalized spacial score (nSPS) is 52.4. The molecule has 0 radical (unpaired) electrons. The van der Waals surface area contributed by atoms with Crippen LogP contribution in [0.4, 0.5) is 0 Å². The molecular weight excluding hydrogens is 170 g/mol. The monoisotopic (exact) mass is 185 g/mol. The minimum atomic E-state index is 0.226. The van der Waals surface area contributed by atoms with E-state index >= 15 is 0 Å². The Kier molecular flexibility index (Phi) is 1.10. The van der Waals surface area contributed by atoms with Gasteiger partial charge in [0, 0.05) is 11.5 Å². The van der Waals surface area contributed by atoms with Gasteiger partial charge in [-0.15, -0.1) is 0 Å². The van der Waals surface area contributed by atoms with Gasteiger partial charge in [-0.3, -0.25) is 0 Å². The summed E-state index contributed by atoms with van der Waals surface area (Å²) in [5.74, 6) is 3.38. The minimum absolute atomic E-state index is 0.226. The maximum absolute atomic E-state index is 6.46. The van der Waals surface area contributed by atoms with Gasteiger partial charge in [0.25, 0.3) is 0 Å². The van der Waals surface area contributed by atoms with Crippen LogP contribution in [0.25, 0.3) is 0 Å². The largest absolute Gasteiger partial charge is 0.324 e. The zero-order valence-electron chi connectivity index (χ0n) is 8.19. The lowest BCUT2D eigenvalue weighted by Crippen LogP contribution is -2.50. The first-order chi connectivity index (χ1) is 6.83. The highest BCUT2D eigenvalue weighted by Crippen LogP contribution is 2.79. The first-order valence-electron chi connectivity index (χ1n) is 5.67. The predicted molar refractivity (Wildman–Crippen MR) is 55.8 cm³/mol. The Hall–Kier alpha value is -0.820. The van der Waals surface area contributed by atoms with E-state index in [-0.39, 0.29) is 5.54 Å². The van der Waals surface area contributed by atoms with Crippen LogP contribution in [0.15, 0.2) is 30.3 Å². The zero-order chi connectivity index (χ0) is 9.34. The minimum Gasteiger partial charge on any atom is -0.324 e. The van der Waals surface area contributed by atoms with Crippen LogP contribution in [0.1, 0.15) is 24.3 Å². The molecule has 2 N–H and O–H groups in total. The van der Waals surface area contributed by atoms with E-state index in [2.05, 4.69) is 30.3 Å². The average Bonchev–Trinajstić information content (AvgIpc) is 2.58. The number of rotatable bonds is 1. The van der Waals surface area contributed by atoms with Crippen molar-refractivity contribution < 1.29 is 0 Å². The second-order valence-corrected chi connectivity index (χ2v) is 5.26. The van der Waals surface area contributed by atoms with E-state index in [1.807, 2.05) is 0 Å². The topological polar surface area (TPSA) is 26.0 Å². The highest BCUT2D eigenvalue weighted by molar-refractivity contribution is 5.44. The van der Waals surface area contributed by atoms with Crippen LogP contribution in [0.3, 0.4) is 0 Å². The van der Waals surface area contributed by atoms with Gasteiger partial charge >= 0.3 is 0 Å². The molecule has 72 valence electrons. The third-order valence-corrected chi connectivity index (χ3v) is 4.94. The van der Waals surface area contributed by atoms with Crippen molar-refractivity contribution in [1.82, 2.24) is 0 Å².